The fraction of sp³-hybridized carbons (Fsp3) is 0.0417. The first-order chi connectivity index (χ1) is 15.0. The van der Waals surface area contributed by atoms with Crippen molar-refractivity contribution in [3.8, 4) is 0 Å². The maximum absolute atomic E-state index is 13.4. The molecule has 7 heteroatoms. The van der Waals surface area contributed by atoms with Crippen LogP contribution in [0.3, 0.4) is 0 Å². The maximum atomic E-state index is 13.4. The summed E-state index contributed by atoms with van der Waals surface area (Å²) in [5.41, 5.74) is 3.01. The Morgan fingerprint density at radius 1 is 1.00 bits per heavy atom. The minimum atomic E-state index is -0.411. The molecule has 0 aliphatic carbocycles. The van der Waals surface area contributed by atoms with E-state index in [1.165, 1.54) is 7.11 Å². The third kappa shape index (κ3) is 4.38. The van der Waals surface area contributed by atoms with Gasteiger partial charge in [-0.2, -0.15) is 0 Å². The zero-order valence-corrected chi connectivity index (χ0v) is 19.6. The minimum absolute atomic E-state index is 0.235. The number of hydrogen-bond donors (Lipinski definition) is 0. The molecule has 1 amide bonds. The van der Waals surface area contributed by atoms with Gasteiger partial charge in [0.2, 0.25) is 0 Å². The number of rotatable bonds is 4. The van der Waals surface area contributed by atoms with Crippen molar-refractivity contribution in [1.29, 1.82) is 0 Å². The molecule has 0 aromatic heterocycles. The van der Waals surface area contributed by atoms with Crippen LogP contribution in [0.1, 0.15) is 21.5 Å². The number of hydrogen-bond acceptors (Lipinski definition) is 4. The molecule has 154 valence electrons. The van der Waals surface area contributed by atoms with Gasteiger partial charge in [0.25, 0.3) is 5.91 Å². The van der Waals surface area contributed by atoms with Crippen LogP contribution in [0.25, 0.3) is 6.08 Å². The molecule has 0 fully saturated rings. The zero-order valence-electron chi connectivity index (χ0n) is 16.4. The molecule has 1 aliphatic heterocycles. The Morgan fingerprint density at radius 2 is 1.74 bits per heavy atom. The van der Waals surface area contributed by atoms with Crippen molar-refractivity contribution in [3.63, 3.8) is 0 Å². The highest BCUT2D eigenvalue weighted by atomic mass is 79.9. The molecule has 5 nitrogen and oxygen atoms in total. The highest BCUT2D eigenvalue weighted by Gasteiger charge is 2.33. The molecule has 0 N–H and O–H groups in total. The number of carbonyl (C=O) groups excluding carboxylic acids is 2. The summed E-state index contributed by atoms with van der Waals surface area (Å²) in [6.07, 6.45) is 1.71. The Kier molecular flexibility index (Phi) is 6.15. The van der Waals surface area contributed by atoms with Gasteiger partial charge in [-0.25, -0.2) is 9.79 Å². The van der Waals surface area contributed by atoms with E-state index in [9.17, 15) is 9.59 Å². The van der Waals surface area contributed by atoms with Crippen LogP contribution in [0.4, 0.5) is 5.69 Å². The number of methoxy groups -OCH3 is 1. The van der Waals surface area contributed by atoms with E-state index in [0.29, 0.717) is 22.8 Å². The van der Waals surface area contributed by atoms with Crippen molar-refractivity contribution >= 4 is 61.3 Å². The van der Waals surface area contributed by atoms with E-state index < -0.39 is 5.97 Å². The Balaban J connectivity index is 1.79. The van der Waals surface area contributed by atoms with Crippen LogP contribution in [0.2, 0.25) is 0 Å². The molecule has 3 aromatic carbocycles. The lowest BCUT2D eigenvalue weighted by atomic mass is 10.1. The van der Waals surface area contributed by atoms with E-state index in [4.69, 9.17) is 4.74 Å². The monoisotopic (exact) mass is 538 g/mol. The summed E-state index contributed by atoms with van der Waals surface area (Å²) in [5, 5.41) is 0. The van der Waals surface area contributed by atoms with Gasteiger partial charge in [-0.15, -0.1) is 0 Å². The number of anilines is 1. The van der Waals surface area contributed by atoms with Gasteiger partial charge >= 0.3 is 5.97 Å². The SMILES string of the molecule is COC(=O)c1ccc(/C=C2/N=C(c3ccccc3Br)N(c3cccc(Br)c3)C2=O)cc1. The molecule has 0 saturated carbocycles. The van der Waals surface area contributed by atoms with Crippen molar-refractivity contribution in [2.45, 2.75) is 0 Å². The van der Waals surface area contributed by atoms with E-state index in [1.54, 1.807) is 35.2 Å². The Hall–Kier alpha value is -3.03. The van der Waals surface area contributed by atoms with Crippen molar-refractivity contribution in [3.05, 3.63) is 104 Å². The van der Waals surface area contributed by atoms with Gasteiger partial charge < -0.3 is 4.74 Å². The van der Waals surface area contributed by atoms with Crippen LogP contribution in [-0.4, -0.2) is 24.8 Å². The average Bonchev–Trinajstić information content (AvgIpc) is 3.09. The van der Waals surface area contributed by atoms with Crippen LogP contribution in [0, 0.1) is 0 Å². The summed E-state index contributed by atoms with van der Waals surface area (Å²) in [7, 11) is 1.34. The van der Waals surface area contributed by atoms with Gasteiger partial charge in [0.05, 0.1) is 18.4 Å². The third-order valence-corrected chi connectivity index (χ3v) is 5.86. The van der Waals surface area contributed by atoms with Gasteiger partial charge in [-0.05, 0) is 48.0 Å². The molecule has 0 unspecified atom stereocenters. The summed E-state index contributed by atoms with van der Waals surface area (Å²) < 4.78 is 6.43. The fourth-order valence-corrected chi connectivity index (χ4v) is 4.04. The van der Waals surface area contributed by atoms with E-state index in [-0.39, 0.29) is 5.91 Å². The highest BCUT2D eigenvalue weighted by molar-refractivity contribution is 9.10. The van der Waals surface area contributed by atoms with Crippen molar-refractivity contribution < 1.29 is 14.3 Å². The largest absolute Gasteiger partial charge is 0.465 e. The number of aliphatic imine (C=N–C) groups is 1. The van der Waals surface area contributed by atoms with Gasteiger partial charge in [0, 0.05) is 14.5 Å². The molecule has 0 bridgehead atoms. The minimum Gasteiger partial charge on any atom is -0.465 e. The molecular weight excluding hydrogens is 524 g/mol. The molecule has 4 rings (SSSR count). The van der Waals surface area contributed by atoms with Gasteiger partial charge in [0.1, 0.15) is 11.5 Å². The number of benzene rings is 3. The van der Waals surface area contributed by atoms with Gasteiger partial charge in [0.15, 0.2) is 0 Å². The summed E-state index contributed by atoms with van der Waals surface area (Å²) in [6, 6.07) is 22.0. The Bertz CT molecular complexity index is 1230. The smallest absolute Gasteiger partial charge is 0.337 e. The van der Waals surface area contributed by atoms with Crippen molar-refractivity contribution in [2.24, 2.45) is 4.99 Å². The standard InChI is InChI=1S/C24H16Br2N2O3/c1-31-24(30)16-11-9-15(10-12-16)13-21-23(29)28(18-6-4-5-17(25)14-18)22(27-21)19-7-2-3-8-20(19)26/h2-14H,1H3/b21-13+. The number of halogens is 2. The topological polar surface area (TPSA) is 59.0 Å². The molecular formula is C24H16Br2N2O3. The Morgan fingerprint density at radius 3 is 2.42 bits per heavy atom. The van der Waals surface area contributed by atoms with Crippen molar-refractivity contribution in [2.75, 3.05) is 12.0 Å². The lowest BCUT2D eigenvalue weighted by Crippen LogP contribution is -2.32. The first kappa shape index (κ1) is 21.2. The van der Waals surface area contributed by atoms with Crippen LogP contribution < -0.4 is 4.90 Å². The summed E-state index contributed by atoms with van der Waals surface area (Å²) >= 11 is 7.04. The summed E-state index contributed by atoms with van der Waals surface area (Å²) in [4.78, 5) is 31.3. The predicted molar refractivity (Wildman–Crippen MR) is 128 cm³/mol. The fourth-order valence-electron chi connectivity index (χ4n) is 3.19. The zero-order chi connectivity index (χ0) is 22.0. The molecule has 0 radical (unpaired) electrons. The van der Waals surface area contributed by atoms with E-state index in [1.807, 2.05) is 48.5 Å². The third-order valence-electron chi connectivity index (χ3n) is 4.68. The number of esters is 1. The second-order valence-corrected chi connectivity index (χ2v) is 8.45. The van der Waals surface area contributed by atoms with Gasteiger partial charge in [-0.1, -0.05) is 68.3 Å². The first-order valence-corrected chi connectivity index (χ1v) is 10.9. The number of nitrogens with zero attached hydrogens (tertiary/aromatic N) is 2. The number of ether oxygens (including phenoxy) is 1. The van der Waals surface area contributed by atoms with Crippen molar-refractivity contribution in [1.82, 2.24) is 0 Å². The van der Waals surface area contributed by atoms with E-state index in [0.717, 1.165) is 20.1 Å². The van der Waals surface area contributed by atoms with Crippen LogP contribution in [0.15, 0.2) is 92.4 Å². The van der Waals surface area contributed by atoms with Crippen LogP contribution in [0.5, 0.6) is 0 Å². The summed E-state index contributed by atoms with van der Waals surface area (Å²) in [6.45, 7) is 0. The highest BCUT2D eigenvalue weighted by Crippen LogP contribution is 2.31. The molecule has 0 saturated heterocycles. The molecule has 1 aliphatic rings. The lowest BCUT2D eigenvalue weighted by Gasteiger charge is -2.19. The normalized spacial score (nSPS) is 14.7. The number of amidine groups is 1. The van der Waals surface area contributed by atoms with E-state index >= 15 is 0 Å². The van der Waals surface area contributed by atoms with E-state index in [2.05, 4.69) is 36.9 Å². The molecule has 0 atom stereocenters. The molecule has 0 spiro atoms. The van der Waals surface area contributed by atoms with Crippen LogP contribution in [-0.2, 0) is 9.53 Å². The maximum Gasteiger partial charge on any atom is 0.337 e. The molecule has 3 aromatic rings. The first-order valence-electron chi connectivity index (χ1n) is 9.31. The molecule has 1 heterocycles. The van der Waals surface area contributed by atoms with Crippen LogP contribution >= 0.6 is 31.9 Å². The number of carbonyl (C=O) groups is 2. The number of amides is 1. The quantitative estimate of drug-likeness (QED) is 0.309. The van der Waals surface area contributed by atoms with Gasteiger partial charge in [-0.3, -0.25) is 9.69 Å². The molecule has 31 heavy (non-hydrogen) atoms. The summed E-state index contributed by atoms with van der Waals surface area (Å²) in [5.74, 6) is -0.111. The second-order valence-electron chi connectivity index (χ2n) is 6.68. The second kappa shape index (κ2) is 8.99. The lowest BCUT2D eigenvalue weighted by molar-refractivity contribution is -0.113. The Labute approximate surface area is 196 Å². The average molecular weight is 540 g/mol. The predicted octanol–water partition coefficient (Wildman–Crippen LogP) is 5.83.